The quantitative estimate of drug-likeness (QED) is 0.130. The van der Waals surface area contributed by atoms with E-state index in [9.17, 15) is 0 Å². The van der Waals surface area contributed by atoms with Crippen LogP contribution in [-0.2, 0) is 0 Å². The summed E-state index contributed by atoms with van der Waals surface area (Å²) in [5.74, 6) is 2.15. The van der Waals surface area contributed by atoms with Crippen LogP contribution >= 0.6 is 0 Å². The van der Waals surface area contributed by atoms with E-state index in [1.807, 2.05) is 146 Å². The third-order valence-electron chi connectivity index (χ3n) is 25.4. The van der Waals surface area contributed by atoms with Gasteiger partial charge in [-0.1, -0.05) is 352 Å². The van der Waals surface area contributed by atoms with E-state index in [2.05, 4.69) is 291 Å². The second-order valence-electron chi connectivity index (χ2n) is 32.9. The molecule has 9 nitrogen and oxygen atoms in total. The van der Waals surface area contributed by atoms with Crippen LogP contribution in [0.2, 0.25) is 0 Å². The molecule has 21 aromatic carbocycles. The van der Waals surface area contributed by atoms with E-state index in [1.54, 1.807) is 0 Å². The topological polar surface area (TPSA) is 117 Å². The molecule has 600 valence electrons. The fraction of sp³-hybridized carbons (Fsp3) is 0. The second-order valence-corrected chi connectivity index (χ2v) is 32.9. The van der Waals surface area contributed by atoms with E-state index in [-0.39, 0.29) is 0 Å². The Kier molecular flexibility index (Phi) is 17.7. The highest BCUT2D eigenvalue weighted by Gasteiger charge is 2.23. The third-order valence-corrected chi connectivity index (χ3v) is 25.4. The summed E-state index contributed by atoms with van der Waals surface area (Å²) in [7, 11) is 0. The molecule has 27 aromatic rings. The van der Waals surface area contributed by atoms with Crippen molar-refractivity contribution in [1.29, 1.82) is 0 Å². The van der Waals surface area contributed by atoms with Crippen molar-refractivity contribution < 1.29 is 13.3 Å². The first-order chi connectivity index (χ1) is 63.9. The van der Waals surface area contributed by atoms with Gasteiger partial charge in [0.2, 0.25) is 0 Å². The number of fused-ring (bicyclic) bond motifs is 29. The summed E-state index contributed by atoms with van der Waals surface area (Å²) >= 11 is 0. The van der Waals surface area contributed by atoms with Gasteiger partial charge in [0, 0.05) is 93.2 Å². The molecule has 6 heterocycles. The van der Waals surface area contributed by atoms with Crippen molar-refractivity contribution >= 4 is 163 Å². The van der Waals surface area contributed by atoms with Gasteiger partial charge in [0.1, 0.15) is 33.5 Å². The predicted octanol–water partition coefficient (Wildman–Crippen LogP) is 32.5. The molecule has 6 aromatic heterocycles. The van der Waals surface area contributed by atoms with Crippen molar-refractivity contribution in [3.05, 3.63) is 437 Å². The summed E-state index contributed by atoms with van der Waals surface area (Å²) < 4.78 is 19.1. The molecule has 0 N–H and O–H groups in total. The minimum absolute atomic E-state index is 0.715. The van der Waals surface area contributed by atoms with Gasteiger partial charge >= 0.3 is 0 Å². The molecule has 0 aliphatic heterocycles. The Morgan fingerprint density at radius 2 is 0.388 bits per heavy atom. The lowest BCUT2D eigenvalue weighted by Gasteiger charge is -2.14. The van der Waals surface area contributed by atoms with Crippen molar-refractivity contribution in [2.24, 2.45) is 0 Å². The summed E-state index contributed by atoms with van der Waals surface area (Å²) in [6, 6.07) is 152. The molecule has 0 unspecified atom stereocenters. The summed E-state index contributed by atoms with van der Waals surface area (Å²) in [5.41, 5.74) is 20.2. The molecule has 0 bridgehead atoms. The maximum absolute atomic E-state index is 6.51. The SMILES string of the molecule is c1ccc(-c2cc(-c3ccc4c(c3)c3ccccc3c3c4ccc4c5ccccc5oc43)nc(-c3ccccc3)n2)cc1.c1ccc(-c2cc(-c3ccc4c(c3)c3ccccc3c3cc5oc6ccccc6c5cc43)nc(-c3ccccc3)n2)cc1.c1ccc(-c2cc(-c3ccc4c(c3)c3ccccc3c3ccc5oc6ccccc6c5c34)nc(-c3ccccc3)n2)cc1. The van der Waals surface area contributed by atoms with Crippen molar-refractivity contribution in [3.8, 4) is 102 Å². The first kappa shape index (κ1) is 74.2. The molecule has 0 radical (unpaired) electrons. The monoisotopic (exact) mass is 1640 g/mol. The van der Waals surface area contributed by atoms with E-state index in [1.165, 1.54) is 91.6 Å². The number of furan rings is 3. The maximum Gasteiger partial charge on any atom is 0.160 e. The van der Waals surface area contributed by atoms with Crippen LogP contribution in [0.25, 0.3) is 264 Å². The van der Waals surface area contributed by atoms with Crippen molar-refractivity contribution in [2.75, 3.05) is 0 Å². The van der Waals surface area contributed by atoms with Gasteiger partial charge in [0.05, 0.1) is 34.2 Å². The first-order valence-corrected chi connectivity index (χ1v) is 43.5. The van der Waals surface area contributed by atoms with Gasteiger partial charge in [-0.25, -0.2) is 29.9 Å². The van der Waals surface area contributed by atoms with E-state index >= 15 is 0 Å². The Bertz CT molecular complexity index is 8980. The van der Waals surface area contributed by atoms with Crippen LogP contribution in [0.5, 0.6) is 0 Å². The van der Waals surface area contributed by atoms with Crippen LogP contribution < -0.4 is 0 Å². The normalized spacial score (nSPS) is 11.7. The van der Waals surface area contributed by atoms with Gasteiger partial charge < -0.3 is 13.3 Å². The molecule has 0 spiro atoms. The molecule has 0 atom stereocenters. The maximum atomic E-state index is 6.51. The smallest absolute Gasteiger partial charge is 0.160 e. The van der Waals surface area contributed by atoms with Crippen LogP contribution in [0.4, 0.5) is 0 Å². The highest BCUT2D eigenvalue weighted by Crippen LogP contribution is 2.48. The molecule has 0 fully saturated rings. The molecule has 0 amide bonds. The lowest BCUT2D eigenvalue weighted by atomic mass is 9.90. The highest BCUT2D eigenvalue weighted by atomic mass is 16.3. The number of hydrogen-bond acceptors (Lipinski definition) is 9. The van der Waals surface area contributed by atoms with Crippen molar-refractivity contribution in [1.82, 2.24) is 29.9 Å². The Morgan fingerprint density at radius 1 is 0.124 bits per heavy atom. The molecule has 27 rings (SSSR count). The van der Waals surface area contributed by atoms with Gasteiger partial charge in [0.25, 0.3) is 0 Å². The third kappa shape index (κ3) is 12.9. The van der Waals surface area contributed by atoms with E-state index in [0.29, 0.717) is 11.6 Å². The van der Waals surface area contributed by atoms with Crippen LogP contribution in [0.1, 0.15) is 0 Å². The fourth-order valence-electron chi connectivity index (χ4n) is 19.3. The Balaban J connectivity index is 0.000000105. The Morgan fingerprint density at radius 3 is 0.845 bits per heavy atom. The molecule has 0 saturated carbocycles. The minimum atomic E-state index is 0.715. The standard InChI is InChI=1S/3C40H24N2O/c1-3-11-25(12-4-1)35-24-36(42-40(41-35)26-13-5-2-6-14-26)27-19-20-29-32-21-22-33-30-16-9-10-18-37(30)43-39(33)38(32)31-17-8-7-15-28(31)34(29)23-27;1-3-11-25(12-4-1)36-24-37(42-40(41-36)26-13-5-2-6-14-26)27-19-20-30-32(21-27)28-15-7-8-16-29(28)34-23-39-35(22-33(30)34)31-17-9-10-18-38(31)43-39;1-3-11-25(12-4-1)34-24-35(42-40(41-34)26-13-5-2-6-14-26)27-19-20-31-33(23-27)29-16-8-7-15-28(29)30-21-22-37-39(38(30)31)32-17-9-10-18-36(32)43-37/h3*1-24H. The van der Waals surface area contributed by atoms with Crippen LogP contribution in [0.3, 0.4) is 0 Å². The zero-order chi connectivity index (χ0) is 85.0. The van der Waals surface area contributed by atoms with Crippen LogP contribution in [0.15, 0.2) is 450 Å². The van der Waals surface area contributed by atoms with Gasteiger partial charge in [0.15, 0.2) is 17.5 Å². The minimum Gasteiger partial charge on any atom is -0.456 e. The largest absolute Gasteiger partial charge is 0.456 e. The predicted molar refractivity (Wildman–Crippen MR) is 534 cm³/mol. The van der Waals surface area contributed by atoms with Gasteiger partial charge in [-0.15, -0.1) is 0 Å². The first-order valence-electron chi connectivity index (χ1n) is 43.5. The number of benzene rings is 21. The molecule has 9 heteroatoms. The zero-order valence-corrected chi connectivity index (χ0v) is 69.5. The fourth-order valence-corrected chi connectivity index (χ4v) is 19.3. The number of hydrogen-bond donors (Lipinski definition) is 0. The molecular weight excluding hydrogens is 1570 g/mol. The molecule has 0 aliphatic rings. The Hall–Kier alpha value is -17.4. The molecule has 0 saturated heterocycles. The van der Waals surface area contributed by atoms with E-state index in [0.717, 1.165) is 161 Å². The summed E-state index contributed by atoms with van der Waals surface area (Å²) in [4.78, 5) is 30.2. The van der Waals surface area contributed by atoms with Gasteiger partial charge in [-0.2, -0.15) is 0 Å². The van der Waals surface area contributed by atoms with Crippen molar-refractivity contribution in [2.45, 2.75) is 0 Å². The van der Waals surface area contributed by atoms with Gasteiger partial charge in [-0.3, -0.25) is 0 Å². The lowest BCUT2D eigenvalue weighted by Crippen LogP contribution is -1.96. The molecule has 0 aliphatic carbocycles. The average Bonchev–Trinajstić information content (AvgIpc) is 1.70. The number of rotatable bonds is 9. The van der Waals surface area contributed by atoms with E-state index in [4.69, 9.17) is 43.2 Å². The van der Waals surface area contributed by atoms with Crippen molar-refractivity contribution in [3.63, 3.8) is 0 Å². The second kappa shape index (κ2) is 30.8. The number of nitrogens with zero attached hydrogens (tertiary/aromatic N) is 6. The molecule has 129 heavy (non-hydrogen) atoms. The van der Waals surface area contributed by atoms with E-state index < -0.39 is 0 Å². The zero-order valence-electron chi connectivity index (χ0n) is 69.5. The lowest BCUT2D eigenvalue weighted by molar-refractivity contribution is 0.669. The summed E-state index contributed by atoms with van der Waals surface area (Å²) in [6.45, 7) is 0. The van der Waals surface area contributed by atoms with Gasteiger partial charge in [-0.05, 0) is 171 Å². The Labute approximate surface area is 739 Å². The summed E-state index contributed by atoms with van der Waals surface area (Å²) in [5, 5.41) is 28.5. The highest BCUT2D eigenvalue weighted by molar-refractivity contribution is 6.36. The van der Waals surface area contributed by atoms with Crippen LogP contribution in [0, 0.1) is 0 Å². The number of para-hydroxylation sites is 3. The summed E-state index contributed by atoms with van der Waals surface area (Å²) in [6.07, 6.45) is 0. The van der Waals surface area contributed by atoms with Crippen LogP contribution in [-0.4, -0.2) is 29.9 Å². The molecular formula is C120H72N6O3. The average molecular weight is 1650 g/mol. The number of aromatic nitrogens is 6.